The Kier molecular flexibility index (Phi) is 8.62. The summed E-state index contributed by atoms with van der Waals surface area (Å²) in [6.45, 7) is 4.09. The molecule has 2 fully saturated rings. The molecule has 1 aliphatic heterocycles. The standard InChI is InChI=1S/C17H25FN2O.2ClH/c1-21-16-7-6-14(18)12-15(16)17(13-4-2-3-5-13)20-10-8-19-9-11-20;;/h6-7,12-13,17,19H,2-5,8-11H2,1H3;2*1H/t17-;;/m1../s1. The highest BCUT2D eigenvalue weighted by Gasteiger charge is 2.33. The predicted octanol–water partition coefficient (Wildman–Crippen LogP) is 3.81. The van der Waals surface area contributed by atoms with Gasteiger partial charge < -0.3 is 10.1 Å². The number of hydrogen-bond acceptors (Lipinski definition) is 3. The van der Waals surface area contributed by atoms with Crippen LogP contribution in [-0.2, 0) is 0 Å². The van der Waals surface area contributed by atoms with Gasteiger partial charge in [0.15, 0.2) is 0 Å². The lowest BCUT2D eigenvalue weighted by atomic mass is 9.89. The third kappa shape index (κ3) is 4.72. The van der Waals surface area contributed by atoms with E-state index in [4.69, 9.17) is 4.74 Å². The van der Waals surface area contributed by atoms with E-state index in [0.29, 0.717) is 12.0 Å². The van der Waals surface area contributed by atoms with Crippen LogP contribution in [0.4, 0.5) is 4.39 Å². The highest BCUT2D eigenvalue weighted by Crippen LogP contribution is 2.42. The summed E-state index contributed by atoms with van der Waals surface area (Å²) in [7, 11) is 1.68. The number of methoxy groups -OCH3 is 1. The van der Waals surface area contributed by atoms with Gasteiger partial charge in [-0.25, -0.2) is 4.39 Å². The van der Waals surface area contributed by atoms with Gasteiger partial charge in [0.05, 0.1) is 7.11 Å². The normalized spacial score (nSPS) is 20.4. The molecule has 1 atom stereocenters. The molecule has 1 saturated heterocycles. The van der Waals surface area contributed by atoms with Crippen LogP contribution in [0, 0.1) is 11.7 Å². The van der Waals surface area contributed by atoms with Gasteiger partial charge in [-0.15, -0.1) is 24.8 Å². The van der Waals surface area contributed by atoms with Crippen molar-refractivity contribution in [2.45, 2.75) is 31.7 Å². The summed E-state index contributed by atoms with van der Waals surface area (Å²) < 4.78 is 19.3. The fourth-order valence-electron chi connectivity index (χ4n) is 3.92. The van der Waals surface area contributed by atoms with Gasteiger partial charge in [-0.05, 0) is 37.0 Å². The molecule has 0 bridgehead atoms. The zero-order valence-electron chi connectivity index (χ0n) is 13.6. The van der Waals surface area contributed by atoms with Crippen molar-refractivity contribution >= 4 is 24.8 Å². The fourth-order valence-corrected chi connectivity index (χ4v) is 3.92. The van der Waals surface area contributed by atoms with E-state index in [9.17, 15) is 4.39 Å². The lowest BCUT2D eigenvalue weighted by Gasteiger charge is -2.39. The predicted molar refractivity (Wildman–Crippen MR) is 96.6 cm³/mol. The Morgan fingerprint density at radius 1 is 1.17 bits per heavy atom. The van der Waals surface area contributed by atoms with Crippen LogP contribution in [0.5, 0.6) is 5.75 Å². The third-order valence-electron chi connectivity index (χ3n) is 4.90. The van der Waals surface area contributed by atoms with Crippen LogP contribution in [0.3, 0.4) is 0 Å². The van der Waals surface area contributed by atoms with E-state index in [0.717, 1.165) is 37.5 Å². The molecule has 23 heavy (non-hydrogen) atoms. The van der Waals surface area contributed by atoms with Gasteiger partial charge in [0.1, 0.15) is 11.6 Å². The molecule has 6 heteroatoms. The molecule has 1 saturated carbocycles. The van der Waals surface area contributed by atoms with Crippen LogP contribution in [0.25, 0.3) is 0 Å². The van der Waals surface area contributed by atoms with Gasteiger partial charge in [-0.3, -0.25) is 4.90 Å². The summed E-state index contributed by atoms with van der Waals surface area (Å²) in [4.78, 5) is 2.52. The monoisotopic (exact) mass is 364 g/mol. The molecule has 3 nitrogen and oxygen atoms in total. The Morgan fingerprint density at radius 3 is 2.43 bits per heavy atom. The number of halogens is 3. The highest BCUT2D eigenvalue weighted by molar-refractivity contribution is 5.85. The van der Waals surface area contributed by atoms with Crippen LogP contribution < -0.4 is 10.1 Å². The molecule has 1 aliphatic carbocycles. The summed E-state index contributed by atoms with van der Waals surface area (Å²) in [6, 6.07) is 5.24. The first-order chi connectivity index (χ1) is 10.3. The van der Waals surface area contributed by atoms with Crippen molar-refractivity contribution in [3.05, 3.63) is 29.6 Å². The number of benzene rings is 1. The summed E-state index contributed by atoms with van der Waals surface area (Å²) in [5, 5.41) is 3.40. The van der Waals surface area contributed by atoms with Crippen LogP contribution in [0.2, 0.25) is 0 Å². The molecule has 1 N–H and O–H groups in total. The molecule has 1 aromatic carbocycles. The Morgan fingerprint density at radius 2 is 1.83 bits per heavy atom. The maximum atomic E-state index is 13.8. The first kappa shape index (κ1) is 20.5. The van der Waals surface area contributed by atoms with Crippen LogP contribution in [-0.4, -0.2) is 38.2 Å². The molecule has 3 rings (SSSR count). The first-order valence-corrected chi connectivity index (χ1v) is 8.08. The molecule has 0 spiro atoms. The van der Waals surface area contributed by atoms with E-state index in [1.54, 1.807) is 19.2 Å². The van der Waals surface area contributed by atoms with Crippen LogP contribution in [0.15, 0.2) is 18.2 Å². The minimum absolute atomic E-state index is 0. The quantitative estimate of drug-likeness (QED) is 0.878. The zero-order valence-corrected chi connectivity index (χ0v) is 15.2. The Hall–Kier alpha value is -0.550. The lowest BCUT2D eigenvalue weighted by Crippen LogP contribution is -2.46. The van der Waals surface area contributed by atoms with Crippen molar-refractivity contribution in [3.63, 3.8) is 0 Å². The van der Waals surface area contributed by atoms with Crippen molar-refractivity contribution in [2.75, 3.05) is 33.3 Å². The SMILES string of the molecule is COc1ccc(F)cc1[C@@H](C1CCCC1)N1CCNCC1.Cl.Cl. The number of rotatable bonds is 4. The van der Waals surface area contributed by atoms with E-state index in [1.165, 1.54) is 31.7 Å². The van der Waals surface area contributed by atoms with E-state index >= 15 is 0 Å². The van der Waals surface area contributed by atoms with Crippen molar-refractivity contribution in [1.82, 2.24) is 10.2 Å². The molecule has 1 aromatic rings. The maximum absolute atomic E-state index is 13.8. The summed E-state index contributed by atoms with van der Waals surface area (Å²) in [5.74, 6) is 1.29. The van der Waals surface area contributed by atoms with Gasteiger partial charge in [0.2, 0.25) is 0 Å². The molecular weight excluding hydrogens is 338 g/mol. The average Bonchev–Trinajstić information content (AvgIpc) is 3.03. The Bertz CT molecular complexity index is 478. The smallest absolute Gasteiger partial charge is 0.123 e. The minimum Gasteiger partial charge on any atom is -0.496 e. The average molecular weight is 365 g/mol. The molecule has 0 unspecified atom stereocenters. The van der Waals surface area contributed by atoms with E-state index in [1.807, 2.05) is 0 Å². The van der Waals surface area contributed by atoms with E-state index < -0.39 is 0 Å². The van der Waals surface area contributed by atoms with Gasteiger partial charge in [0.25, 0.3) is 0 Å². The molecule has 0 aromatic heterocycles. The van der Waals surface area contributed by atoms with E-state index in [-0.39, 0.29) is 30.6 Å². The number of piperazine rings is 1. The molecule has 1 heterocycles. The number of ether oxygens (including phenoxy) is 1. The van der Waals surface area contributed by atoms with Gasteiger partial charge >= 0.3 is 0 Å². The van der Waals surface area contributed by atoms with Crippen LogP contribution in [0.1, 0.15) is 37.3 Å². The molecule has 0 radical (unpaired) electrons. The summed E-state index contributed by atoms with van der Waals surface area (Å²) >= 11 is 0. The minimum atomic E-state index is -0.163. The molecule has 0 amide bonds. The van der Waals surface area contributed by atoms with Gasteiger partial charge in [-0.1, -0.05) is 12.8 Å². The van der Waals surface area contributed by atoms with Crippen molar-refractivity contribution < 1.29 is 9.13 Å². The maximum Gasteiger partial charge on any atom is 0.123 e. The molecular formula is C17H27Cl2FN2O. The summed E-state index contributed by atoms with van der Waals surface area (Å²) in [5.41, 5.74) is 1.03. The van der Waals surface area contributed by atoms with Crippen LogP contribution >= 0.6 is 24.8 Å². The Balaban J connectivity index is 0.00000132. The Labute approximate surface area is 150 Å². The first-order valence-electron chi connectivity index (χ1n) is 8.08. The zero-order chi connectivity index (χ0) is 14.7. The second-order valence-electron chi connectivity index (χ2n) is 6.16. The lowest BCUT2D eigenvalue weighted by molar-refractivity contribution is 0.123. The second kappa shape index (κ2) is 9.67. The van der Waals surface area contributed by atoms with Crippen molar-refractivity contribution in [3.8, 4) is 5.75 Å². The fraction of sp³-hybridized carbons (Fsp3) is 0.647. The molecule has 132 valence electrons. The van der Waals surface area contributed by atoms with E-state index in [2.05, 4.69) is 10.2 Å². The van der Waals surface area contributed by atoms with Gasteiger partial charge in [0, 0.05) is 37.8 Å². The second-order valence-corrected chi connectivity index (χ2v) is 6.16. The van der Waals surface area contributed by atoms with Crippen molar-refractivity contribution in [2.24, 2.45) is 5.92 Å². The topological polar surface area (TPSA) is 24.5 Å². The number of nitrogens with zero attached hydrogens (tertiary/aromatic N) is 1. The largest absolute Gasteiger partial charge is 0.496 e. The third-order valence-corrected chi connectivity index (χ3v) is 4.90. The molecule has 2 aliphatic rings. The highest BCUT2D eigenvalue weighted by atomic mass is 35.5. The van der Waals surface area contributed by atoms with Crippen molar-refractivity contribution in [1.29, 1.82) is 0 Å². The number of nitrogens with one attached hydrogen (secondary N) is 1. The summed E-state index contributed by atoms with van der Waals surface area (Å²) in [6.07, 6.45) is 5.08. The number of hydrogen-bond donors (Lipinski definition) is 1. The van der Waals surface area contributed by atoms with Gasteiger partial charge in [-0.2, -0.15) is 0 Å².